The third-order valence-corrected chi connectivity index (χ3v) is 4.42. The van der Waals surface area contributed by atoms with Gasteiger partial charge in [-0.1, -0.05) is 0 Å². The van der Waals surface area contributed by atoms with E-state index in [1.807, 2.05) is 7.11 Å². The van der Waals surface area contributed by atoms with Crippen LogP contribution in [0.2, 0.25) is 0 Å². The van der Waals surface area contributed by atoms with Gasteiger partial charge in [0.25, 0.3) is 0 Å². The Morgan fingerprint density at radius 2 is 1.94 bits per heavy atom. The molecule has 4 nitrogen and oxygen atoms in total. The molecular formula is C14H29N3O. The molecule has 2 fully saturated rings. The molecule has 1 heterocycles. The van der Waals surface area contributed by atoms with E-state index < -0.39 is 0 Å². The number of methoxy groups -OCH3 is 1. The van der Waals surface area contributed by atoms with E-state index >= 15 is 0 Å². The fraction of sp³-hybridized carbons (Fsp3) is 1.00. The average molecular weight is 255 g/mol. The molecule has 0 spiro atoms. The zero-order valence-corrected chi connectivity index (χ0v) is 12.2. The van der Waals surface area contributed by atoms with Gasteiger partial charge < -0.3 is 15.0 Å². The predicted molar refractivity (Wildman–Crippen MR) is 75.0 cm³/mol. The third-order valence-electron chi connectivity index (χ3n) is 4.42. The van der Waals surface area contributed by atoms with Gasteiger partial charge in [-0.25, -0.2) is 0 Å². The molecule has 1 aliphatic carbocycles. The van der Waals surface area contributed by atoms with Crippen LogP contribution in [0.1, 0.15) is 25.7 Å². The summed E-state index contributed by atoms with van der Waals surface area (Å²) >= 11 is 0. The molecule has 1 unspecified atom stereocenters. The molecule has 1 saturated carbocycles. The minimum absolute atomic E-state index is 0.518. The van der Waals surface area contributed by atoms with Crippen molar-refractivity contribution in [2.45, 2.75) is 43.8 Å². The van der Waals surface area contributed by atoms with E-state index in [-0.39, 0.29) is 0 Å². The Kier molecular flexibility index (Phi) is 5.42. The smallest absolute Gasteiger partial charge is 0.0630 e. The van der Waals surface area contributed by atoms with E-state index in [1.54, 1.807) is 0 Å². The molecule has 0 amide bonds. The molecule has 0 aromatic rings. The van der Waals surface area contributed by atoms with Gasteiger partial charge in [0.2, 0.25) is 0 Å². The molecular weight excluding hydrogens is 226 g/mol. The Bertz CT molecular complexity index is 237. The van der Waals surface area contributed by atoms with Gasteiger partial charge >= 0.3 is 0 Å². The number of likely N-dealkylation sites (tertiary alicyclic amines) is 1. The molecule has 1 N–H and O–H groups in total. The van der Waals surface area contributed by atoms with Gasteiger partial charge in [0.1, 0.15) is 0 Å². The molecule has 2 aliphatic rings. The summed E-state index contributed by atoms with van der Waals surface area (Å²) in [5, 5.41) is 3.64. The summed E-state index contributed by atoms with van der Waals surface area (Å²) in [6, 6.07) is 2.03. The van der Waals surface area contributed by atoms with Gasteiger partial charge in [-0.2, -0.15) is 0 Å². The lowest BCUT2D eigenvalue weighted by Crippen LogP contribution is -2.51. The van der Waals surface area contributed by atoms with Crippen molar-refractivity contribution in [2.24, 2.45) is 0 Å². The first-order chi connectivity index (χ1) is 8.70. The summed E-state index contributed by atoms with van der Waals surface area (Å²) in [5.41, 5.74) is 0. The summed E-state index contributed by atoms with van der Waals surface area (Å²) in [6.45, 7) is 4.36. The molecule has 0 bridgehead atoms. The maximum absolute atomic E-state index is 5.40. The van der Waals surface area contributed by atoms with Crippen molar-refractivity contribution in [2.75, 3.05) is 47.4 Å². The summed E-state index contributed by atoms with van der Waals surface area (Å²) in [4.78, 5) is 4.98. The van der Waals surface area contributed by atoms with E-state index in [9.17, 15) is 0 Å². The highest BCUT2D eigenvalue weighted by molar-refractivity contribution is 4.86. The SMILES string of the molecule is COCC(CNC1CC1)N(C)C1CCN(C)CC1. The number of hydrogen-bond donors (Lipinski definition) is 1. The van der Waals surface area contributed by atoms with Crippen LogP contribution in [-0.4, -0.2) is 75.4 Å². The topological polar surface area (TPSA) is 27.7 Å². The molecule has 1 saturated heterocycles. The first-order valence-electron chi connectivity index (χ1n) is 7.33. The lowest BCUT2D eigenvalue weighted by atomic mass is 10.0. The second-order valence-corrected chi connectivity index (χ2v) is 5.99. The van der Waals surface area contributed by atoms with Crippen LogP contribution in [0.25, 0.3) is 0 Å². The van der Waals surface area contributed by atoms with Crippen LogP contribution >= 0.6 is 0 Å². The number of nitrogens with one attached hydrogen (secondary N) is 1. The van der Waals surface area contributed by atoms with Crippen molar-refractivity contribution in [3.05, 3.63) is 0 Å². The van der Waals surface area contributed by atoms with Crippen molar-refractivity contribution >= 4 is 0 Å². The molecule has 4 heteroatoms. The highest BCUT2D eigenvalue weighted by Crippen LogP contribution is 2.20. The highest BCUT2D eigenvalue weighted by atomic mass is 16.5. The van der Waals surface area contributed by atoms with Crippen molar-refractivity contribution in [3.63, 3.8) is 0 Å². The Morgan fingerprint density at radius 3 is 2.50 bits per heavy atom. The lowest BCUT2D eigenvalue weighted by Gasteiger charge is -2.39. The predicted octanol–water partition coefficient (Wildman–Crippen LogP) is 0.779. The molecule has 0 aromatic heterocycles. The maximum Gasteiger partial charge on any atom is 0.0630 e. The zero-order chi connectivity index (χ0) is 13.0. The molecule has 0 aromatic carbocycles. The van der Waals surface area contributed by atoms with Crippen molar-refractivity contribution < 1.29 is 4.74 Å². The fourth-order valence-electron chi connectivity index (χ4n) is 2.80. The number of hydrogen-bond acceptors (Lipinski definition) is 4. The Labute approximate surface area is 112 Å². The second kappa shape index (κ2) is 6.85. The fourth-order valence-corrected chi connectivity index (χ4v) is 2.80. The van der Waals surface area contributed by atoms with Gasteiger partial charge in [-0.3, -0.25) is 4.90 Å². The van der Waals surface area contributed by atoms with Crippen LogP contribution in [0.3, 0.4) is 0 Å². The Morgan fingerprint density at radius 1 is 1.28 bits per heavy atom. The Hall–Kier alpha value is -0.160. The maximum atomic E-state index is 5.40. The summed E-state index contributed by atoms with van der Waals surface area (Å²) in [5.74, 6) is 0. The van der Waals surface area contributed by atoms with E-state index in [1.165, 1.54) is 38.8 Å². The van der Waals surface area contributed by atoms with Gasteiger partial charge in [0.05, 0.1) is 6.61 Å². The van der Waals surface area contributed by atoms with E-state index in [0.29, 0.717) is 6.04 Å². The summed E-state index contributed by atoms with van der Waals surface area (Å²) in [7, 11) is 6.30. The number of rotatable bonds is 7. The highest BCUT2D eigenvalue weighted by Gasteiger charge is 2.28. The number of piperidine rings is 1. The monoisotopic (exact) mass is 255 g/mol. The summed E-state index contributed by atoms with van der Waals surface area (Å²) < 4.78 is 5.40. The number of likely N-dealkylation sites (N-methyl/N-ethyl adjacent to an activating group) is 1. The van der Waals surface area contributed by atoms with Crippen molar-refractivity contribution in [1.29, 1.82) is 0 Å². The van der Waals surface area contributed by atoms with Crippen LogP contribution < -0.4 is 5.32 Å². The zero-order valence-electron chi connectivity index (χ0n) is 12.2. The van der Waals surface area contributed by atoms with Gasteiger partial charge in [-0.15, -0.1) is 0 Å². The quantitative estimate of drug-likeness (QED) is 0.727. The van der Waals surface area contributed by atoms with E-state index in [0.717, 1.165) is 25.2 Å². The van der Waals surface area contributed by atoms with Crippen molar-refractivity contribution in [1.82, 2.24) is 15.1 Å². The first kappa shape index (κ1) is 14.3. The standard InChI is InChI=1S/C14H29N3O/c1-16-8-6-13(7-9-16)17(2)14(11-18-3)10-15-12-4-5-12/h12-15H,4-11H2,1-3H3. The first-order valence-corrected chi connectivity index (χ1v) is 7.33. The number of nitrogens with zero attached hydrogens (tertiary/aromatic N) is 2. The molecule has 18 heavy (non-hydrogen) atoms. The third kappa shape index (κ3) is 4.19. The van der Waals surface area contributed by atoms with E-state index in [4.69, 9.17) is 4.74 Å². The minimum Gasteiger partial charge on any atom is -0.383 e. The van der Waals surface area contributed by atoms with Crippen LogP contribution in [0.4, 0.5) is 0 Å². The van der Waals surface area contributed by atoms with E-state index in [2.05, 4.69) is 29.2 Å². The molecule has 0 radical (unpaired) electrons. The molecule has 106 valence electrons. The number of ether oxygens (including phenoxy) is 1. The van der Waals surface area contributed by atoms with Crippen LogP contribution in [0.15, 0.2) is 0 Å². The van der Waals surface area contributed by atoms with Crippen LogP contribution in [0, 0.1) is 0 Å². The van der Waals surface area contributed by atoms with Gasteiger partial charge in [-0.05, 0) is 52.9 Å². The van der Waals surface area contributed by atoms with Crippen LogP contribution in [0.5, 0.6) is 0 Å². The normalized spacial score (nSPS) is 24.7. The van der Waals surface area contributed by atoms with Crippen LogP contribution in [-0.2, 0) is 4.74 Å². The second-order valence-electron chi connectivity index (χ2n) is 5.99. The van der Waals surface area contributed by atoms with Gasteiger partial charge in [0.15, 0.2) is 0 Å². The van der Waals surface area contributed by atoms with Gasteiger partial charge in [0, 0.05) is 31.8 Å². The summed E-state index contributed by atoms with van der Waals surface area (Å²) in [6.07, 6.45) is 5.29. The largest absolute Gasteiger partial charge is 0.383 e. The molecule has 1 aliphatic heterocycles. The average Bonchev–Trinajstić information content (AvgIpc) is 3.18. The van der Waals surface area contributed by atoms with Crippen molar-refractivity contribution in [3.8, 4) is 0 Å². The molecule has 2 rings (SSSR count). The molecule has 1 atom stereocenters. The minimum atomic E-state index is 0.518. The Balaban J connectivity index is 1.79. The lowest BCUT2D eigenvalue weighted by molar-refractivity contribution is 0.0552.